The number of ketones is 1. The minimum absolute atomic E-state index is 0.0218. The van der Waals surface area contributed by atoms with Crippen molar-refractivity contribution in [2.24, 2.45) is 23.2 Å². The zero-order chi connectivity index (χ0) is 26.9. The van der Waals surface area contributed by atoms with Crippen LogP contribution in [-0.4, -0.2) is 39.6 Å². The van der Waals surface area contributed by atoms with E-state index in [4.69, 9.17) is 4.98 Å². The van der Waals surface area contributed by atoms with Crippen LogP contribution in [0.2, 0.25) is 0 Å². The Labute approximate surface area is 225 Å². The van der Waals surface area contributed by atoms with Crippen molar-refractivity contribution in [1.82, 2.24) is 9.55 Å². The molecule has 0 amide bonds. The van der Waals surface area contributed by atoms with E-state index in [-0.39, 0.29) is 33.5 Å². The van der Waals surface area contributed by atoms with E-state index in [0.717, 1.165) is 37.8 Å². The van der Waals surface area contributed by atoms with Crippen LogP contribution < -0.4 is 10.3 Å². The number of Topliss-reactive ketones (excluding diaryl/α,β-unsaturated/α-hetero) is 1. The molecule has 1 atom stereocenters. The van der Waals surface area contributed by atoms with Gasteiger partial charge in [-0.2, -0.15) is 0 Å². The lowest BCUT2D eigenvalue weighted by molar-refractivity contribution is -0.0524. The number of halogens is 2. The number of hydrogen-bond donors (Lipinski definition) is 1. The highest BCUT2D eigenvalue weighted by molar-refractivity contribution is 5.99. The highest BCUT2D eigenvalue weighted by atomic mass is 19.1. The SMILES string of the molecule is O=C(CC12CC3CC(CC(C3)C1)C2)c1cn(-c2ccc(F)cc2F)c2nc(N3CCCC(O)C3)ccc2c1=O. The van der Waals surface area contributed by atoms with Crippen LogP contribution in [0.4, 0.5) is 14.6 Å². The van der Waals surface area contributed by atoms with Crippen LogP contribution in [0.25, 0.3) is 16.7 Å². The van der Waals surface area contributed by atoms with Crippen molar-refractivity contribution < 1.29 is 18.7 Å². The maximum atomic E-state index is 15.1. The number of hydrogen-bond acceptors (Lipinski definition) is 5. The number of pyridine rings is 2. The van der Waals surface area contributed by atoms with Crippen molar-refractivity contribution in [3.63, 3.8) is 0 Å². The van der Waals surface area contributed by atoms with Crippen molar-refractivity contribution >= 4 is 22.6 Å². The van der Waals surface area contributed by atoms with E-state index in [1.165, 1.54) is 36.1 Å². The predicted molar refractivity (Wildman–Crippen MR) is 144 cm³/mol. The molecule has 204 valence electrons. The van der Waals surface area contributed by atoms with Crippen LogP contribution in [0.3, 0.4) is 0 Å². The Morgan fingerprint density at radius 2 is 1.77 bits per heavy atom. The molecule has 8 rings (SSSR count). The topological polar surface area (TPSA) is 75.4 Å². The lowest BCUT2D eigenvalue weighted by Crippen LogP contribution is -2.47. The molecule has 1 aliphatic heterocycles. The molecule has 4 aliphatic carbocycles. The van der Waals surface area contributed by atoms with Gasteiger partial charge in [-0.15, -0.1) is 0 Å². The average molecular weight is 534 g/mol. The fourth-order valence-electron chi connectivity index (χ4n) is 8.53. The maximum absolute atomic E-state index is 15.1. The standard InChI is InChI=1S/C31H33F2N3O3/c32-21-3-5-26(25(33)11-21)36-17-24(27(38)15-31-12-18-8-19(13-31)10-20(9-18)14-31)29(39)23-4-6-28(34-30(23)36)35-7-1-2-22(37)16-35/h3-6,11,17-20,22,37H,1-2,7-10,12-16H2. The molecule has 5 fully saturated rings. The molecule has 3 aromatic rings. The second-order valence-electron chi connectivity index (χ2n) is 12.6. The van der Waals surface area contributed by atoms with Crippen molar-refractivity contribution in [2.45, 2.75) is 63.9 Å². The fourth-order valence-corrected chi connectivity index (χ4v) is 8.53. The third-order valence-corrected chi connectivity index (χ3v) is 9.73. The Bertz CT molecular complexity index is 1500. The van der Waals surface area contributed by atoms with Gasteiger partial charge in [0.2, 0.25) is 5.43 Å². The Hall–Kier alpha value is -3.13. The first-order chi connectivity index (χ1) is 18.8. The molecule has 8 heteroatoms. The van der Waals surface area contributed by atoms with Gasteiger partial charge in [0, 0.05) is 31.8 Å². The predicted octanol–water partition coefficient (Wildman–Crippen LogP) is 5.41. The number of anilines is 1. The number of nitrogens with zero attached hydrogens (tertiary/aromatic N) is 3. The van der Waals surface area contributed by atoms with E-state index in [9.17, 15) is 19.1 Å². The summed E-state index contributed by atoms with van der Waals surface area (Å²) < 4.78 is 30.3. The monoisotopic (exact) mass is 533 g/mol. The summed E-state index contributed by atoms with van der Waals surface area (Å²) in [6.07, 6.45) is 9.72. The quantitative estimate of drug-likeness (QED) is 0.444. The van der Waals surface area contributed by atoms with Crippen molar-refractivity contribution in [3.8, 4) is 5.69 Å². The second kappa shape index (κ2) is 9.22. The fraction of sp³-hybridized carbons (Fsp3) is 0.516. The Balaban J connectivity index is 1.33. The number of β-amino-alcohol motifs (C(OH)–C–C–N with tert-alkyl or cyclic N) is 1. The van der Waals surface area contributed by atoms with Crippen LogP contribution >= 0.6 is 0 Å². The summed E-state index contributed by atoms with van der Waals surface area (Å²) in [5, 5.41) is 10.4. The summed E-state index contributed by atoms with van der Waals surface area (Å²) in [4.78, 5) is 34.2. The minimum atomic E-state index is -0.806. The van der Waals surface area contributed by atoms with E-state index < -0.39 is 23.2 Å². The van der Waals surface area contributed by atoms with Crippen molar-refractivity contribution in [1.29, 1.82) is 0 Å². The van der Waals surface area contributed by atoms with Gasteiger partial charge in [0.05, 0.1) is 22.7 Å². The molecule has 39 heavy (non-hydrogen) atoms. The van der Waals surface area contributed by atoms with Gasteiger partial charge in [-0.1, -0.05) is 0 Å². The lowest BCUT2D eigenvalue weighted by atomic mass is 9.48. The summed E-state index contributed by atoms with van der Waals surface area (Å²) >= 11 is 0. The van der Waals surface area contributed by atoms with Gasteiger partial charge >= 0.3 is 0 Å². The van der Waals surface area contributed by atoms with Crippen LogP contribution in [-0.2, 0) is 0 Å². The molecule has 1 saturated heterocycles. The Morgan fingerprint density at radius 1 is 1.05 bits per heavy atom. The smallest absolute Gasteiger partial charge is 0.201 e. The molecular formula is C31H33F2N3O3. The zero-order valence-electron chi connectivity index (χ0n) is 21.9. The number of carbonyl (C=O) groups is 1. The molecule has 5 aliphatic rings. The van der Waals surface area contributed by atoms with Gasteiger partial charge in [0.15, 0.2) is 11.4 Å². The molecule has 0 spiro atoms. The number of carbonyl (C=O) groups excluding carboxylic acids is 1. The molecular weight excluding hydrogens is 500 g/mol. The van der Waals surface area contributed by atoms with Crippen LogP contribution in [0.5, 0.6) is 0 Å². The molecule has 1 N–H and O–H groups in total. The van der Waals surface area contributed by atoms with E-state index >= 15 is 4.39 Å². The van der Waals surface area contributed by atoms with Crippen LogP contribution in [0.1, 0.15) is 68.1 Å². The summed E-state index contributed by atoms with van der Waals surface area (Å²) in [6.45, 7) is 1.11. The van der Waals surface area contributed by atoms with E-state index in [2.05, 4.69) is 0 Å². The molecule has 6 nitrogen and oxygen atoms in total. The normalized spacial score (nSPS) is 29.8. The van der Waals surface area contributed by atoms with Crippen LogP contribution in [0, 0.1) is 34.8 Å². The largest absolute Gasteiger partial charge is 0.391 e. The third kappa shape index (κ3) is 4.37. The molecule has 3 heterocycles. The van der Waals surface area contributed by atoms with Gasteiger partial charge in [0.1, 0.15) is 17.5 Å². The van der Waals surface area contributed by atoms with Crippen molar-refractivity contribution in [3.05, 3.63) is 63.9 Å². The second-order valence-corrected chi connectivity index (χ2v) is 12.6. The highest BCUT2D eigenvalue weighted by Crippen LogP contribution is 2.61. The van der Waals surface area contributed by atoms with Gasteiger partial charge in [-0.25, -0.2) is 13.8 Å². The van der Waals surface area contributed by atoms with E-state index in [1.54, 1.807) is 12.1 Å². The molecule has 1 aromatic carbocycles. The average Bonchev–Trinajstić information content (AvgIpc) is 2.88. The first-order valence-corrected chi connectivity index (χ1v) is 14.2. The van der Waals surface area contributed by atoms with Gasteiger partial charge in [-0.3, -0.25) is 14.2 Å². The number of aliphatic hydroxyl groups excluding tert-OH is 1. The summed E-state index contributed by atoms with van der Waals surface area (Å²) in [5.41, 5.74) is -0.194. The molecule has 1 unspecified atom stereocenters. The number of rotatable bonds is 5. The molecule has 4 saturated carbocycles. The summed E-state index contributed by atoms with van der Waals surface area (Å²) in [5.74, 6) is 0.883. The maximum Gasteiger partial charge on any atom is 0.201 e. The van der Waals surface area contributed by atoms with Crippen molar-refractivity contribution in [2.75, 3.05) is 18.0 Å². The Kier molecular flexibility index (Phi) is 5.88. The first-order valence-electron chi connectivity index (χ1n) is 14.2. The Morgan fingerprint density at radius 3 is 2.44 bits per heavy atom. The van der Waals surface area contributed by atoms with E-state index in [1.807, 2.05) is 4.90 Å². The third-order valence-electron chi connectivity index (χ3n) is 9.73. The van der Waals surface area contributed by atoms with Gasteiger partial charge < -0.3 is 10.0 Å². The van der Waals surface area contributed by atoms with Gasteiger partial charge in [0.25, 0.3) is 0 Å². The number of aromatic nitrogens is 2. The summed E-state index contributed by atoms with van der Waals surface area (Å²) in [7, 11) is 0. The number of aliphatic hydroxyl groups is 1. The molecule has 4 bridgehead atoms. The minimum Gasteiger partial charge on any atom is -0.391 e. The number of fused-ring (bicyclic) bond motifs is 1. The number of piperidine rings is 1. The highest BCUT2D eigenvalue weighted by Gasteiger charge is 2.51. The molecule has 0 radical (unpaired) electrons. The zero-order valence-corrected chi connectivity index (χ0v) is 21.9. The summed E-state index contributed by atoms with van der Waals surface area (Å²) in [6, 6.07) is 6.62. The van der Waals surface area contributed by atoms with E-state index in [0.29, 0.717) is 49.5 Å². The van der Waals surface area contributed by atoms with Crippen LogP contribution in [0.15, 0.2) is 41.3 Å². The number of benzene rings is 1. The lowest BCUT2D eigenvalue weighted by Gasteiger charge is -2.56. The van der Waals surface area contributed by atoms with Gasteiger partial charge in [-0.05, 0) is 98.8 Å². The first kappa shape index (κ1) is 24.9. The molecule has 2 aromatic heterocycles.